The van der Waals surface area contributed by atoms with Crippen molar-refractivity contribution in [1.82, 2.24) is 10.5 Å². The van der Waals surface area contributed by atoms with Crippen molar-refractivity contribution in [3.8, 4) is 0 Å². The second kappa shape index (κ2) is 5.50. The van der Waals surface area contributed by atoms with Gasteiger partial charge in [0.15, 0.2) is 0 Å². The molecule has 3 N–H and O–H groups in total. The summed E-state index contributed by atoms with van der Waals surface area (Å²) in [6.07, 6.45) is 0. The lowest BCUT2D eigenvalue weighted by Crippen LogP contribution is -2.22. The van der Waals surface area contributed by atoms with Gasteiger partial charge in [-0.25, -0.2) is 0 Å². The summed E-state index contributed by atoms with van der Waals surface area (Å²) in [6, 6.07) is 7.55. The third-order valence-electron chi connectivity index (χ3n) is 3.01. The second-order valence-corrected chi connectivity index (χ2v) is 6.48. The van der Waals surface area contributed by atoms with Crippen LogP contribution >= 0.6 is 27.3 Å². The number of nitrogens with zero attached hydrogens (tertiary/aromatic N) is 1. The first-order valence-electron chi connectivity index (χ1n) is 6.23. The van der Waals surface area contributed by atoms with Crippen LogP contribution in [0, 0.1) is 6.92 Å². The fourth-order valence-corrected chi connectivity index (χ4v) is 3.83. The van der Waals surface area contributed by atoms with Gasteiger partial charge in [-0.1, -0.05) is 27.2 Å². The standard InChI is InChI=1S/C14H12BrN3O2S/c1-7-5-8(18-20-7)6-17-14(19)13-12(16)11-9(15)3-2-4-10(11)21-13/h2-5H,6,16H2,1H3,(H,17,19). The smallest absolute Gasteiger partial charge is 0.263 e. The van der Waals surface area contributed by atoms with Gasteiger partial charge in [0.05, 0.1) is 12.2 Å². The van der Waals surface area contributed by atoms with Gasteiger partial charge in [0.25, 0.3) is 5.91 Å². The number of rotatable bonds is 3. The number of anilines is 1. The Bertz CT molecular complexity index is 825. The Labute approximate surface area is 133 Å². The number of halogens is 1. The van der Waals surface area contributed by atoms with Crippen molar-refractivity contribution in [2.75, 3.05) is 5.73 Å². The highest BCUT2D eigenvalue weighted by molar-refractivity contribution is 9.10. The minimum atomic E-state index is -0.207. The molecule has 3 rings (SSSR count). The van der Waals surface area contributed by atoms with E-state index in [9.17, 15) is 4.79 Å². The van der Waals surface area contributed by atoms with E-state index in [0.717, 1.165) is 14.6 Å². The van der Waals surface area contributed by atoms with Gasteiger partial charge >= 0.3 is 0 Å². The summed E-state index contributed by atoms with van der Waals surface area (Å²) in [6.45, 7) is 2.12. The van der Waals surface area contributed by atoms with Crippen LogP contribution in [-0.2, 0) is 6.54 Å². The summed E-state index contributed by atoms with van der Waals surface area (Å²) in [7, 11) is 0. The zero-order valence-corrected chi connectivity index (χ0v) is 13.5. The summed E-state index contributed by atoms with van der Waals surface area (Å²) in [5, 5.41) is 7.52. The van der Waals surface area contributed by atoms with E-state index < -0.39 is 0 Å². The summed E-state index contributed by atoms with van der Waals surface area (Å²) in [4.78, 5) is 12.8. The molecule has 108 valence electrons. The average molecular weight is 366 g/mol. The van der Waals surface area contributed by atoms with Crippen LogP contribution in [0.25, 0.3) is 10.1 Å². The maximum atomic E-state index is 12.3. The van der Waals surface area contributed by atoms with Gasteiger partial charge in [-0.2, -0.15) is 0 Å². The van der Waals surface area contributed by atoms with E-state index in [1.165, 1.54) is 11.3 Å². The van der Waals surface area contributed by atoms with Crippen LogP contribution in [-0.4, -0.2) is 11.1 Å². The maximum absolute atomic E-state index is 12.3. The Kier molecular flexibility index (Phi) is 3.69. The first kappa shape index (κ1) is 14.1. The third kappa shape index (κ3) is 2.66. The van der Waals surface area contributed by atoms with E-state index in [-0.39, 0.29) is 5.91 Å². The Hall–Kier alpha value is -1.86. The molecule has 21 heavy (non-hydrogen) atoms. The molecule has 0 aliphatic heterocycles. The molecular formula is C14H12BrN3O2S. The average Bonchev–Trinajstić information content (AvgIpc) is 3.01. The Morgan fingerprint density at radius 3 is 3.00 bits per heavy atom. The highest BCUT2D eigenvalue weighted by Crippen LogP contribution is 2.38. The number of carbonyl (C=O) groups is 1. The zero-order valence-electron chi connectivity index (χ0n) is 11.1. The number of carbonyl (C=O) groups excluding carboxylic acids is 1. The molecule has 0 saturated carbocycles. The largest absolute Gasteiger partial charge is 0.397 e. The van der Waals surface area contributed by atoms with Gasteiger partial charge in [-0.15, -0.1) is 11.3 Å². The lowest BCUT2D eigenvalue weighted by molar-refractivity contribution is 0.0955. The minimum Gasteiger partial charge on any atom is -0.397 e. The molecule has 5 nitrogen and oxygen atoms in total. The molecule has 3 aromatic rings. The van der Waals surface area contributed by atoms with Crippen LogP contribution < -0.4 is 11.1 Å². The van der Waals surface area contributed by atoms with Crippen LogP contribution in [0.5, 0.6) is 0 Å². The predicted octanol–water partition coefficient (Wildman–Crippen LogP) is 3.47. The maximum Gasteiger partial charge on any atom is 0.263 e. The molecule has 2 heterocycles. The molecule has 0 unspecified atom stereocenters. The molecule has 0 saturated heterocycles. The van der Waals surface area contributed by atoms with Gasteiger partial charge < -0.3 is 15.6 Å². The number of hydrogen-bond acceptors (Lipinski definition) is 5. The van der Waals surface area contributed by atoms with E-state index in [4.69, 9.17) is 10.3 Å². The van der Waals surface area contributed by atoms with Crippen molar-refractivity contribution in [2.24, 2.45) is 0 Å². The molecule has 0 spiro atoms. The number of amides is 1. The van der Waals surface area contributed by atoms with E-state index in [0.29, 0.717) is 28.6 Å². The van der Waals surface area contributed by atoms with E-state index in [2.05, 4.69) is 26.4 Å². The van der Waals surface area contributed by atoms with Gasteiger partial charge in [-0.05, 0) is 19.1 Å². The van der Waals surface area contributed by atoms with Gasteiger partial charge in [-0.3, -0.25) is 4.79 Å². The minimum absolute atomic E-state index is 0.207. The molecular weight excluding hydrogens is 354 g/mol. The van der Waals surface area contributed by atoms with Gasteiger partial charge in [0.2, 0.25) is 0 Å². The fraction of sp³-hybridized carbons (Fsp3) is 0.143. The van der Waals surface area contributed by atoms with Crippen LogP contribution in [0.2, 0.25) is 0 Å². The van der Waals surface area contributed by atoms with Crippen molar-refractivity contribution >= 4 is 48.9 Å². The predicted molar refractivity (Wildman–Crippen MR) is 86.3 cm³/mol. The molecule has 0 atom stereocenters. The number of nitrogens with one attached hydrogen (secondary N) is 1. The normalized spacial score (nSPS) is 11.0. The topological polar surface area (TPSA) is 81.2 Å². The van der Waals surface area contributed by atoms with Gasteiger partial charge in [0, 0.05) is 20.6 Å². The number of aryl methyl sites for hydroxylation is 1. The molecule has 0 aliphatic rings. The van der Waals surface area contributed by atoms with E-state index in [1.807, 2.05) is 18.2 Å². The summed E-state index contributed by atoms with van der Waals surface area (Å²) < 4.78 is 6.83. The quantitative estimate of drug-likeness (QED) is 0.744. The van der Waals surface area contributed by atoms with Crippen molar-refractivity contribution in [3.63, 3.8) is 0 Å². The number of benzene rings is 1. The third-order valence-corrected chi connectivity index (χ3v) is 4.84. The molecule has 0 radical (unpaired) electrons. The molecule has 7 heteroatoms. The van der Waals surface area contributed by atoms with Crippen molar-refractivity contribution in [2.45, 2.75) is 13.5 Å². The summed E-state index contributed by atoms with van der Waals surface area (Å²) >= 11 is 4.84. The summed E-state index contributed by atoms with van der Waals surface area (Å²) in [5.74, 6) is 0.505. The fourth-order valence-electron chi connectivity index (χ4n) is 2.05. The van der Waals surface area contributed by atoms with Crippen LogP contribution in [0.15, 0.2) is 33.3 Å². The van der Waals surface area contributed by atoms with Crippen molar-refractivity contribution in [3.05, 3.63) is 45.1 Å². The monoisotopic (exact) mass is 365 g/mol. The highest BCUT2D eigenvalue weighted by atomic mass is 79.9. The molecule has 0 bridgehead atoms. The van der Waals surface area contributed by atoms with Crippen LogP contribution in [0.4, 0.5) is 5.69 Å². The Balaban J connectivity index is 1.84. The lowest BCUT2D eigenvalue weighted by Gasteiger charge is -2.01. The summed E-state index contributed by atoms with van der Waals surface area (Å²) in [5.41, 5.74) is 7.28. The second-order valence-electron chi connectivity index (χ2n) is 4.57. The first-order valence-corrected chi connectivity index (χ1v) is 7.84. The Morgan fingerprint density at radius 2 is 2.33 bits per heavy atom. The molecule has 1 amide bonds. The SMILES string of the molecule is Cc1cc(CNC(=O)c2sc3cccc(Br)c3c2N)no1. The van der Waals surface area contributed by atoms with Crippen LogP contribution in [0.3, 0.4) is 0 Å². The number of nitrogens with two attached hydrogens (primary N) is 1. The highest BCUT2D eigenvalue weighted by Gasteiger charge is 2.18. The van der Waals surface area contributed by atoms with E-state index in [1.54, 1.807) is 13.0 Å². The number of fused-ring (bicyclic) bond motifs is 1. The van der Waals surface area contributed by atoms with Crippen LogP contribution in [0.1, 0.15) is 21.1 Å². The molecule has 1 aromatic carbocycles. The molecule has 0 aliphatic carbocycles. The lowest BCUT2D eigenvalue weighted by atomic mass is 10.2. The van der Waals surface area contributed by atoms with Gasteiger partial charge in [0.1, 0.15) is 16.3 Å². The van der Waals surface area contributed by atoms with Crippen molar-refractivity contribution < 1.29 is 9.32 Å². The molecule has 2 aromatic heterocycles. The number of hydrogen-bond donors (Lipinski definition) is 2. The first-order chi connectivity index (χ1) is 10.1. The molecule has 0 fully saturated rings. The number of aromatic nitrogens is 1. The Morgan fingerprint density at radius 1 is 1.52 bits per heavy atom. The number of nitrogen functional groups attached to an aromatic ring is 1. The van der Waals surface area contributed by atoms with Crippen molar-refractivity contribution in [1.29, 1.82) is 0 Å². The number of thiophene rings is 1. The zero-order chi connectivity index (χ0) is 15.0. The van der Waals surface area contributed by atoms with E-state index >= 15 is 0 Å².